The van der Waals surface area contributed by atoms with E-state index < -0.39 is 0 Å². The molecule has 0 aliphatic carbocycles. The number of nitrogens with one attached hydrogen (secondary N) is 2. The maximum absolute atomic E-state index is 12.8. The van der Waals surface area contributed by atoms with Gasteiger partial charge in [0.15, 0.2) is 10.4 Å². The van der Waals surface area contributed by atoms with Crippen molar-refractivity contribution in [2.45, 2.75) is 19.8 Å². The van der Waals surface area contributed by atoms with Gasteiger partial charge in [-0.15, -0.1) is 0 Å². The highest BCUT2D eigenvalue weighted by molar-refractivity contribution is 9.10. The van der Waals surface area contributed by atoms with E-state index in [1.165, 1.54) is 6.92 Å². The van der Waals surface area contributed by atoms with Gasteiger partial charge in [0.05, 0.1) is 0 Å². The largest absolute Gasteiger partial charge is 0.444 e. The number of amides is 3. The van der Waals surface area contributed by atoms with Crippen molar-refractivity contribution in [3.05, 3.63) is 52.4 Å². The van der Waals surface area contributed by atoms with Crippen LogP contribution in [0.5, 0.6) is 0 Å². The summed E-state index contributed by atoms with van der Waals surface area (Å²) < 4.78 is 5.71. The quantitative estimate of drug-likeness (QED) is 0.735. The number of benzene rings is 1. The van der Waals surface area contributed by atoms with Gasteiger partial charge >= 0.3 is 0 Å². The molecule has 0 radical (unpaired) electrons. The monoisotopic (exact) mass is 447 g/mol. The van der Waals surface area contributed by atoms with Gasteiger partial charge in [-0.1, -0.05) is 6.07 Å². The molecule has 2 aromatic rings. The van der Waals surface area contributed by atoms with Crippen LogP contribution < -0.4 is 10.6 Å². The zero-order valence-electron chi connectivity index (χ0n) is 15.5. The highest BCUT2D eigenvalue weighted by Crippen LogP contribution is 2.21. The van der Waals surface area contributed by atoms with E-state index in [2.05, 4.69) is 26.6 Å². The van der Waals surface area contributed by atoms with Crippen molar-refractivity contribution in [2.75, 3.05) is 25.0 Å². The molecule has 1 saturated heterocycles. The molecule has 1 aromatic heterocycles. The lowest BCUT2D eigenvalue weighted by atomic mass is 9.96. The van der Waals surface area contributed by atoms with Gasteiger partial charge in [-0.25, -0.2) is 0 Å². The second-order valence-electron chi connectivity index (χ2n) is 6.81. The molecule has 0 spiro atoms. The first-order valence-corrected chi connectivity index (χ1v) is 9.92. The first-order valence-electron chi connectivity index (χ1n) is 9.13. The van der Waals surface area contributed by atoms with Crippen LogP contribution in [0.2, 0.25) is 0 Å². The number of hydrogen-bond donors (Lipinski definition) is 2. The summed E-state index contributed by atoms with van der Waals surface area (Å²) >= 11 is 3.16. The number of rotatable bonds is 5. The number of piperidine rings is 1. The van der Waals surface area contributed by atoms with Gasteiger partial charge in [0.2, 0.25) is 5.91 Å². The Balaban J connectivity index is 1.58. The Morgan fingerprint density at radius 3 is 2.57 bits per heavy atom. The average molecular weight is 448 g/mol. The number of carbonyl (C=O) groups is 3. The van der Waals surface area contributed by atoms with Crippen molar-refractivity contribution in [1.29, 1.82) is 0 Å². The minimum absolute atomic E-state index is 0.0284. The minimum atomic E-state index is -0.380. The number of likely N-dealkylation sites (tertiary alicyclic amines) is 1. The Bertz CT molecular complexity index is 872. The fraction of sp³-hybridized carbons (Fsp3) is 0.350. The summed E-state index contributed by atoms with van der Waals surface area (Å²) in [6, 6.07) is 10.1. The van der Waals surface area contributed by atoms with Crippen molar-refractivity contribution in [3.8, 4) is 0 Å². The molecule has 3 amide bonds. The van der Waals surface area contributed by atoms with Crippen LogP contribution in [0.4, 0.5) is 5.69 Å². The first-order chi connectivity index (χ1) is 13.4. The SMILES string of the molecule is CC(=O)NCC1CCN(C(=O)c2cccc(NC(=O)c3ccc(Br)o3)c2)CC1. The molecular formula is C20H22BrN3O4. The zero-order valence-corrected chi connectivity index (χ0v) is 17.1. The standard InChI is InChI=1S/C20H22BrN3O4/c1-13(25)22-12-14-7-9-24(10-8-14)20(27)15-3-2-4-16(11-15)23-19(26)17-5-6-18(21)28-17/h2-6,11,14H,7-10,12H2,1H3,(H,22,25)(H,23,26). The van der Waals surface area contributed by atoms with E-state index in [1.807, 2.05) is 4.90 Å². The number of furan rings is 1. The normalized spacial score (nSPS) is 14.6. The molecule has 2 heterocycles. The zero-order chi connectivity index (χ0) is 20.1. The number of carbonyl (C=O) groups excluding carboxylic acids is 3. The molecule has 0 unspecified atom stereocenters. The number of hydrogen-bond acceptors (Lipinski definition) is 4. The number of nitrogens with zero attached hydrogens (tertiary/aromatic N) is 1. The summed E-state index contributed by atoms with van der Waals surface area (Å²) in [7, 11) is 0. The fourth-order valence-corrected chi connectivity index (χ4v) is 3.48. The molecule has 8 heteroatoms. The summed E-state index contributed by atoms with van der Waals surface area (Å²) in [5.41, 5.74) is 1.06. The summed E-state index contributed by atoms with van der Waals surface area (Å²) in [5, 5.41) is 5.58. The Hall–Kier alpha value is -2.61. The van der Waals surface area contributed by atoms with Crippen LogP contribution in [0.3, 0.4) is 0 Å². The maximum Gasteiger partial charge on any atom is 0.291 e. The van der Waals surface area contributed by atoms with Crippen molar-refractivity contribution >= 4 is 39.3 Å². The summed E-state index contributed by atoms with van der Waals surface area (Å²) in [5.74, 6) is 0.110. The van der Waals surface area contributed by atoms with Crippen LogP contribution in [0.15, 0.2) is 45.5 Å². The second kappa shape index (κ2) is 9.05. The van der Waals surface area contributed by atoms with E-state index in [0.717, 1.165) is 12.8 Å². The lowest BCUT2D eigenvalue weighted by Crippen LogP contribution is -2.41. The molecule has 2 N–H and O–H groups in total. The Kier molecular flexibility index (Phi) is 6.51. The number of anilines is 1. The van der Waals surface area contributed by atoms with Crippen LogP contribution >= 0.6 is 15.9 Å². The summed E-state index contributed by atoms with van der Waals surface area (Å²) in [6.45, 7) is 3.47. The Labute approximate surface area is 171 Å². The molecule has 0 bridgehead atoms. The van der Waals surface area contributed by atoms with Crippen LogP contribution in [0.1, 0.15) is 40.7 Å². The van der Waals surface area contributed by atoms with Crippen molar-refractivity contribution in [2.24, 2.45) is 5.92 Å². The van der Waals surface area contributed by atoms with E-state index in [9.17, 15) is 14.4 Å². The molecule has 1 aliphatic heterocycles. The molecule has 0 atom stereocenters. The third-order valence-corrected chi connectivity index (χ3v) is 5.13. The smallest absolute Gasteiger partial charge is 0.291 e. The second-order valence-corrected chi connectivity index (χ2v) is 7.59. The Morgan fingerprint density at radius 1 is 1.18 bits per heavy atom. The molecular weight excluding hydrogens is 426 g/mol. The predicted octanol–water partition coefficient (Wildman–Crippen LogP) is 3.28. The molecule has 28 heavy (non-hydrogen) atoms. The topological polar surface area (TPSA) is 91.7 Å². The lowest BCUT2D eigenvalue weighted by Gasteiger charge is -2.32. The van der Waals surface area contributed by atoms with E-state index in [0.29, 0.717) is 41.5 Å². The van der Waals surface area contributed by atoms with Crippen LogP contribution in [-0.2, 0) is 4.79 Å². The van der Waals surface area contributed by atoms with Crippen molar-refractivity contribution in [1.82, 2.24) is 10.2 Å². The fourth-order valence-electron chi connectivity index (χ4n) is 3.17. The van der Waals surface area contributed by atoms with E-state index in [1.54, 1.807) is 36.4 Å². The van der Waals surface area contributed by atoms with Crippen molar-refractivity contribution < 1.29 is 18.8 Å². The molecule has 3 rings (SSSR count). The van der Waals surface area contributed by atoms with Gasteiger partial charge in [-0.3, -0.25) is 14.4 Å². The van der Waals surface area contributed by atoms with Gasteiger partial charge in [-0.05, 0) is 65.0 Å². The Morgan fingerprint density at radius 2 is 1.93 bits per heavy atom. The van der Waals surface area contributed by atoms with Crippen LogP contribution in [0, 0.1) is 5.92 Å². The highest BCUT2D eigenvalue weighted by atomic mass is 79.9. The van der Waals surface area contributed by atoms with Gasteiger partial charge in [-0.2, -0.15) is 0 Å². The third-order valence-electron chi connectivity index (χ3n) is 4.71. The molecule has 0 saturated carbocycles. The van der Waals surface area contributed by atoms with Crippen LogP contribution in [0.25, 0.3) is 0 Å². The van der Waals surface area contributed by atoms with E-state index in [4.69, 9.17) is 4.42 Å². The minimum Gasteiger partial charge on any atom is -0.444 e. The maximum atomic E-state index is 12.8. The molecule has 1 aromatic carbocycles. The van der Waals surface area contributed by atoms with Crippen molar-refractivity contribution in [3.63, 3.8) is 0 Å². The average Bonchev–Trinajstić information content (AvgIpc) is 3.13. The molecule has 7 nitrogen and oxygen atoms in total. The number of halogens is 1. The highest BCUT2D eigenvalue weighted by Gasteiger charge is 2.24. The first kappa shape index (κ1) is 20.1. The van der Waals surface area contributed by atoms with E-state index in [-0.39, 0.29) is 23.5 Å². The van der Waals surface area contributed by atoms with Gasteiger partial charge in [0.1, 0.15) is 0 Å². The summed E-state index contributed by atoms with van der Waals surface area (Å²) in [4.78, 5) is 37.9. The summed E-state index contributed by atoms with van der Waals surface area (Å²) in [6.07, 6.45) is 1.71. The van der Waals surface area contributed by atoms with Gasteiger partial charge < -0.3 is 20.0 Å². The predicted molar refractivity (Wildman–Crippen MR) is 108 cm³/mol. The lowest BCUT2D eigenvalue weighted by molar-refractivity contribution is -0.119. The van der Waals surface area contributed by atoms with Crippen LogP contribution in [-0.4, -0.2) is 42.3 Å². The molecule has 148 valence electrons. The van der Waals surface area contributed by atoms with E-state index >= 15 is 0 Å². The molecule has 1 aliphatic rings. The van der Waals surface area contributed by atoms with Gasteiger partial charge in [0.25, 0.3) is 11.8 Å². The molecule has 1 fully saturated rings. The third kappa shape index (κ3) is 5.22. The van der Waals surface area contributed by atoms with Gasteiger partial charge in [0, 0.05) is 37.8 Å².